The molecule has 0 aliphatic rings. The van der Waals surface area contributed by atoms with Crippen LogP contribution in [0.25, 0.3) is 0 Å². The van der Waals surface area contributed by atoms with Gasteiger partial charge in [-0.25, -0.2) is 4.79 Å². The van der Waals surface area contributed by atoms with Gasteiger partial charge >= 0.3 is 11.9 Å². The largest absolute Gasteiger partial charge is 0.478 e. The van der Waals surface area contributed by atoms with Gasteiger partial charge in [0.2, 0.25) is 0 Å². The van der Waals surface area contributed by atoms with Gasteiger partial charge in [0.1, 0.15) is 6.26 Å². The van der Waals surface area contributed by atoms with Crippen LogP contribution in [0.2, 0.25) is 0 Å². The fourth-order valence-electron chi connectivity index (χ4n) is 1.14. The van der Waals surface area contributed by atoms with E-state index in [2.05, 4.69) is 11.7 Å². The van der Waals surface area contributed by atoms with E-state index in [0.717, 1.165) is 25.5 Å². The molecule has 5 heteroatoms. The minimum Gasteiger partial charge on any atom is -0.478 e. The second kappa shape index (κ2) is 11.7. The molecular formula is C12H20CuO4. The number of aliphatic carboxylic acids is 1. The molecule has 0 aromatic rings. The number of ether oxygens (including phenoxy) is 1. The van der Waals surface area contributed by atoms with Gasteiger partial charge in [-0.15, -0.1) is 0 Å². The van der Waals surface area contributed by atoms with Gasteiger partial charge in [0.25, 0.3) is 0 Å². The van der Waals surface area contributed by atoms with E-state index < -0.39 is 5.97 Å². The molecule has 0 rings (SSSR count). The second-order valence-corrected chi connectivity index (χ2v) is 3.76. The zero-order chi connectivity index (χ0) is 12.4. The van der Waals surface area contributed by atoms with Crippen LogP contribution in [0.1, 0.15) is 52.4 Å². The summed E-state index contributed by atoms with van der Waals surface area (Å²) in [5.41, 5.74) is 0.0272. The summed E-state index contributed by atoms with van der Waals surface area (Å²) in [7, 11) is 0. The van der Waals surface area contributed by atoms with Gasteiger partial charge < -0.3 is 9.84 Å². The van der Waals surface area contributed by atoms with Crippen molar-refractivity contribution in [3.63, 3.8) is 0 Å². The van der Waals surface area contributed by atoms with E-state index >= 15 is 0 Å². The summed E-state index contributed by atoms with van der Waals surface area (Å²) in [5.74, 6) is -1.44. The van der Waals surface area contributed by atoms with Crippen molar-refractivity contribution in [3.05, 3.63) is 11.8 Å². The Morgan fingerprint density at radius 3 is 2.29 bits per heavy atom. The quantitative estimate of drug-likeness (QED) is 0.246. The minimum absolute atomic E-state index is 0. The molecule has 103 valence electrons. The Morgan fingerprint density at radius 2 is 1.76 bits per heavy atom. The molecule has 0 amide bonds. The summed E-state index contributed by atoms with van der Waals surface area (Å²) in [6.45, 7) is 3.52. The summed E-state index contributed by atoms with van der Waals surface area (Å²) in [4.78, 5) is 21.5. The first-order valence-corrected chi connectivity index (χ1v) is 5.67. The maximum Gasteiger partial charge on any atom is 0.334 e. The average molecular weight is 292 g/mol. The van der Waals surface area contributed by atoms with Gasteiger partial charge in [-0.05, 0) is 13.3 Å². The first-order valence-electron chi connectivity index (χ1n) is 5.67. The summed E-state index contributed by atoms with van der Waals surface area (Å²) >= 11 is 0. The minimum atomic E-state index is -1.07. The Bertz CT molecular complexity index is 261. The Kier molecular flexibility index (Phi) is 12.8. The van der Waals surface area contributed by atoms with Crippen LogP contribution in [0.5, 0.6) is 0 Å². The molecule has 1 N–H and O–H groups in total. The number of unbranched alkanes of at least 4 members (excludes halogenated alkanes) is 4. The van der Waals surface area contributed by atoms with Crippen LogP contribution >= 0.6 is 0 Å². The predicted molar refractivity (Wildman–Crippen MR) is 60.9 cm³/mol. The number of carboxylic acids is 1. The van der Waals surface area contributed by atoms with Crippen molar-refractivity contribution in [3.8, 4) is 0 Å². The first-order chi connectivity index (χ1) is 7.57. The van der Waals surface area contributed by atoms with Gasteiger partial charge in [-0.2, -0.15) is 0 Å². The summed E-state index contributed by atoms with van der Waals surface area (Å²) in [6, 6.07) is 0. The van der Waals surface area contributed by atoms with Crippen LogP contribution < -0.4 is 0 Å². The van der Waals surface area contributed by atoms with Crippen LogP contribution in [0.15, 0.2) is 11.8 Å². The molecule has 0 aliphatic carbocycles. The molecule has 0 saturated carbocycles. The molecule has 4 nitrogen and oxygen atoms in total. The number of carboxylic acid groups (broad SMARTS) is 1. The van der Waals surface area contributed by atoms with Crippen LogP contribution in [-0.2, 0) is 31.4 Å². The molecule has 17 heavy (non-hydrogen) atoms. The Hall–Kier alpha value is -0.801. The third-order valence-corrected chi connectivity index (χ3v) is 2.19. The number of rotatable bonds is 8. The van der Waals surface area contributed by atoms with Gasteiger partial charge in [-0.3, -0.25) is 4.79 Å². The first kappa shape index (κ1) is 18.6. The number of carbonyl (C=O) groups excluding carboxylic acids is 1. The van der Waals surface area contributed by atoms with E-state index in [1.165, 1.54) is 19.8 Å². The van der Waals surface area contributed by atoms with Crippen molar-refractivity contribution in [2.24, 2.45) is 0 Å². The van der Waals surface area contributed by atoms with Crippen molar-refractivity contribution in [1.82, 2.24) is 0 Å². The molecular weight excluding hydrogens is 272 g/mol. The summed E-state index contributed by atoms with van der Waals surface area (Å²) in [5, 5.41) is 8.51. The van der Waals surface area contributed by atoms with Crippen LogP contribution in [0.4, 0.5) is 0 Å². The molecule has 0 fully saturated rings. The number of esters is 1. The number of carbonyl (C=O) groups is 2. The molecule has 0 bridgehead atoms. The van der Waals surface area contributed by atoms with Gasteiger partial charge in [0, 0.05) is 23.5 Å². The van der Waals surface area contributed by atoms with Gasteiger partial charge in [0.05, 0.1) is 5.57 Å². The van der Waals surface area contributed by atoms with Crippen molar-refractivity contribution in [1.29, 1.82) is 0 Å². The molecule has 0 heterocycles. The van der Waals surface area contributed by atoms with Crippen LogP contribution in [0, 0.1) is 0 Å². The third-order valence-electron chi connectivity index (χ3n) is 2.19. The topological polar surface area (TPSA) is 63.6 Å². The molecule has 0 aliphatic heterocycles. The standard InChI is InChI=1S/C12H20O4.Cu/c1-3-4-5-6-7-8-11(13)16-9-10(2)12(14)15;/h9H,3-8H2,1-2H3,(H,14,15);. The monoisotopic (exact) mass is 291 g/mol. The van der Waals surface area contributed by atoms with E-state index in [4.69, 9.17) is 5.11 Å². The van der Waals surface area contributed by atoms with E-state index in [-0.39, 0.29) is 28.6 Å². The van der Waals surface area contributed by atoms with E-state index in [9.17, 15) is 9.59 Å². The fraction of sp³-hybridized carbons (Fsp3) is 0.667. The Morgan fingerprint density at radius 1 is 1.18 bits per heavy atom. The zero-order valence-electron chi connectivity index (χ0n) is 10.3. The van der Waals surface area contributed by atoms with E-state index in [1.54, 1.807) is 0 Å². The SMILES string of the molecule is CCCCCCCC(=O)OC=C(C)C(=O)O.[Cu]. The van der Waals surface area contributed by atoms with Gasteiger partial charge in [0.15, 0.2) is 0 Å². The Balaban J connectivity index is 0. The van der Waals surface area contributed by atoms with Crippen LogP contribution in [-0.4, -0.2) is 17.0 Å². The normalized spacial score (nSPS) is 10.6. The summed E-state index contributed by atoms with van der Waals surface area (Å²) in [6.07, 6.45) is 6.67. The molecule has 0 aromatic heterocycles. The third kappa shape index (κ3) is 11.5. The fourth-order valence-corrected chi connectivity index (χ4v) is 1.14. The average Bonchev–Trinajstić information content (AvgIpc) is 2.25. The molecule has 0 saturated heterocycles. The van der Waals surface area contributed by atoms with E-state index in [1.807, 2.05) is 0 Å². The number of hydrogen-bond donors (Lipinski definition) is 1. The molecule has 0 unspecified atom stereocenters. The zero-order valence-corrected chi connectivity index (χ0v) is 11.2. The Labute approximate surface area is 113 Å². The smallest absolute Gasteiger partial charge is 0.334 e. The second-order valence-electron chi connectivity index (χ2n) is 3.76. The molecule has 1 radical (unpaired) electrons. The molecule has 0 atom stereocenters. The van der Waals surface area contributed by atoms with Crippen molar-refractivity contribution in [2.45, 2.75) is 52.4 Å². The molecule has 0 aromatic carbocycles. The molecule has 0 spiro atoms. The summed E-state index contributed by atoms with van der Waals surface area (Å²) < 4.78 is 4.69. The van der Waals surface area contributed by atoms with Crippen molar-refractivity contribution >= 4 is 11.9 Å². The van der Waals surface area contributed by atoms with Crippen LogP contribution in [0.3, 0.4) is 0 Å². The van der Waals surface area contributed by atoms with Gasteiger partial charge in [-0.1, -0.05) is 32.6 Å². The van der Waals surface area contributed by atoms with E-state index in [0.29, 0.717) is 6.42 Å². The maximum absolute atomic E-state index is 11.1. The number of hydrogen-bond acceptors (Lipinski definition) is 3. The maximum atomic E-state index is 11.1. The van der Waals surface area contributed by atoms with Crippen molar-refractivity contribution < 1.29 is 36.5 Å². The predicted octanol–water partition coefficient (Wildman–Crippen LogP) is 2.88. The van der Waals surface area contributed by atoms with Crippen molar-refractivity contribution in [2.75, 3.05) is 0 Å².